The molecule has 1 atom stereocenters. The number of hydrogen-bond acceptors (Lipinski definition) is 4. The molecule has 0 bridgehead atoms. The number of hydrogen-bond donors (Lipinski definition) is 0. The molecule has 1 aliphatic heterocycles. The Labute approximate surface area is 112 Å². The van der Waals surface area contributed by atoms with E-state index in [4.69, 9.17) is 4.74 Å². The first-order valence-corrected chi connectivity index (χ1v) is 6.14. The molecule has 0 N–H and O–H groups in total. The zero-order valence-corrected chi connectivity index (χ0v) is 11.2. The van der Waals surface area contributed by atoms with E-state index in [2.05, 4.69) is 15.9 Å². The Hall–Kier alpha value is -1.63. The largest absolute Gasteiger partial charge is 0.479 e. The van der Waals surface area contributed by atoms with Crippen molar-refractivity contribution >= 4 is 27.5 Å². The van der Waals surface area contributed by atoms with E-state index in [1.807, 2.05) is 0 Å². The Morgan fingerprint density at radius 2 is 2.28 bits per heavy atom. The standard InChI is InChI=1S/C11H11BrN2O4/c1-13-5-4-9(11(13)15)18-10-6-7(14(16)17)2-3-8(10)12/h2-3,6,9H,4-5H2,1H3. The molecule has 7 heteroatoms. The Balaban J connectivity index is 2.21. The Bertz CT molecular complexity index is 506. The van der Waals surface area contributed by atoms with E-state index >= 15 is 0 Å². The lowest BCUT2D eigenvalue weighted by Crippen LogP contribution is -2.29. The van der Waals surface area contributed by atoms with Crippen molar-refractivity contribution in [1.29, 1.82) is 0 Å². The van der Waals surface area contributed by atoms with Gasteiger partial charge >= 0.3 is 0 Å². The summed E-state index contributed by atoms with van der Waals surface area (Å²) in [6.45, 7) is 0.635. The van der Waals surface area contributed by atoms with Gasteiger partial charge in [-0.05, 0) is 22.0 Å². The fraction of sp³-hybridized carbons (Fsp3) is 0.364. The molecule has 1 aliphatic rings. The van der Waals surface area contributed by atoms with E-state index in [1.165, 1.54) is 18.2 Å². The number of likely N-dealkylation sites (tertiary alicyclic amines) is 1. The Morgan fingerprint density at radius 1 is 1.56 bits per heavy atom. The summed E-state index contributed by atoms with van der Waals surface area (Å²) in [5.41, 5.74) is -0.0630. The summed E-state index contributed by atoms with van der Waals surface area (Å²) in [6, 6.07) is 4.23. The average Bonchev–Trinajstić information content (AvgIpc) is 2.63. The molecule has 2 rings (SSSR count). The van der Waals surface area contributed by atoms with Crippen LogP contribution in [0.3, 0.4) is 0 Å². The molecule has 0 spiro atoms. The van der Waals surface area contributed by atoms with Crippen LogP contribution in [-0.2, 0) is 4.79 Å². The van der Waals surface area contributed by atoms with Crippen LogP contribution < -0.4 is 4.74 Å². The van der Waals surface area contributed by atoms with Gasteiger partial charge in [-0.25, -0.2) is 0 Å². The SMILES string of the molecule is CN1CCC(Oc2cc([N+](=O)[O-])ccc2Br)C1=O. The molecular formula is C11H11BrN2O4. The van der Waals surface area contributed by atoms with E-state index < -0.39 is 11.0 Å². The van der Waals surface area contributed by atoms with Gasteiger partial charge in [-0.15, -0.1) is 0 Å². The molecule has 6 nitrogen and oxygen atoms in total. The zero-order chi connectivity index (χ0) is 13.3. The molecule has 1 unspecified atom stereocenters. The highest BCUT2D eigenvalue weighted by Gasteiger charge is 2.31. The van der Waals surface area contributed by atoms with E-state index in [0.29, 0.717) is 23.2 Å². The van der Waals surface area contributed by atoms with Crippen molar-refractivity contribution in [3.63, 3.8) is 0 Å². The van der Waals surface area contributed by atoms with Crippen molar-refractivity contribution in [2.45, 2.75) is 12.5 Å². The van der Waals surface area contributed by atoms with Crippen LogP contribution in [-0.4, -0.2) is 35.4 Å². The number of rotatable bonds is 3. The van der Waals surface area contributed by atoms with Crippen molar-refractivity contribution in [3.8, 4) is 5.75 Å². The third kappa shape index (κ3) is 2.45. The minimum Gasteiger partial charge on any atom is -0.479 e. The molecule has 18 heavy (non-hydrogen) atoms. The fourth-order valence-electron chi connectivity index (χ4n) is 1.75. The third-order valence-corrected chi connectivity index (χ3v) is 3.43. The van der Waals surface area contributed by atoms with Gasteiger partial charge in [0.15, 0.2) is 6.10 Å². The summed E-state index contributed by atoms with van der Waals surface area (Å²) in [5.74, 6) is 0.214. The predicted molar refractivity (Wildman–Crippen MR) is 67.5 cm³/mol. The number of benzene rings is 1. The van der Waals surface area contributed by atoms with Crippen LogP contribution in [0.25, 0.3) is 0 Å². The lowest BCUT2D eigenvalue weighted by Gasteiger charge is -2.13. The van der Waals surface area contributed by atoms with Gasteiger partial charge in [-0.1, -0.05) is 0 Å². The monoisotopic (exact) mass is 314 g/mol. The number of carbonyl (C=O) groups excluding carboxylic acids is 1. The molecule has 0 aromatic heterocycles. The van der Waals surface area contributed by atoms with Crippen LogP contribution in [0.15, 0.2) is 22.7 Å². The number of nitro groups is 1. The number of non-ortho nitro benzene ring substituents is 1. The summed E-state index contributed by atoms with van der Waals surface area (Å²) in [7, 11) is 1.70. The summed E-state index contributed by atoms with van der Waals surface area (Å²) in [4.78, 5) is 23.5. The summed E-state index contributed by atoms with van der Waals surface area (Å²) in [6.07, 6.45) is 0.0260. The number of nitrogens with zero attached hydrogens (tertiary/aromatic N) is 2. The highest BCUT2D eigenvalue weighted by molar-refractivity contribution is 9.10. The van der Waals surface area contributed by atoms with Crippen LogP contribution in [0.2, 0.25) is 0 Å². The molecule has 1 saturated heterocycles. The number of likely N-dealkylation sites (N-methyl/N-ethyl adjacent to an activating group) is 1. The first-order chi connectivity index (χ1) is 8.49. The van der Waals surface area contributed by atoms with Crippen molar-refractivity contribution in [3.05, 3.63) is 32.8 Å². The lowest BCUT2D eigenvalue weighted by atomic mass is 10.3. The zero-order valence-electron chi connectivity index (χ0n) is 9.63. The Morgan fingerprint density at radius 3 is 2.83 bits per heavy atom. The van der Waals surface area contributed by atoms with Gasteiger partial charge in [0.25, 0.3) is 11.6 Å². The van der Waals surface area contributed by atoms with Crippen molar-refractivity contribution in [2.24, 2.45) is 0 Å². The average molecular weight is 315 g/mol. The van der Waals surface area contributed by atoms with Gasteiger partial charge in [0, 0.05) is 26.1 Å². The topological polar surface area (TPSA) is 72.7 Å². The van der Waals surface area contributed by atoms with Crippen molar-refractivity contribution in [1.82, 2.24) is 4.90 Å². The number of amides is 1. The van der Waals surface area contributed by atoms with Crippen LogP contribution in [0.4, 0.5) is 5.69 Å². The molecule has 1 amide bonds. The fourth-order valence-corrected chi connectivity index (χ4v) is 2.09. The van der Waals surface area contributed by atoms with Gasteiger partial charge in [-0.3, -0.25) is 14.9 Å². The van der Waals surface area contributed by atoms with Gasteiger partial charge in [0.05, 0.1) is 15.5 Å². The molecule has 1 heterocycles. The highest BCUT2D eigenvalue weighted by Crippen LogP contribution is 2.31. The second-order valence-electron chi connectivity index (χ2n) is 4.03. The summed E-state index contributed by atoms with van der Waals surface area (Å²) >= 11 is 3.25. The minimum absolute atomic E-state index is 0.0630. The van der Waals surface area contributed by atoms with Gasteiger partial charge in [0.1, 0.15) is 5.75 Å². The van der Waals surface area contributed by atoms with Crippen molar-refractivity contribution < 1.29 is 14.5 Å². The van der Waals surface area contributed by atoms with E-state index in [9.17, 15) is 14.9 Å². The third-order valence-electron chi connectivity index (χ3n) is 2.77. The molecule has 0 saturated carbocycles. The number of halogens is 1. The van der Waals surface area contributed by atoms with Gasteiger partial charge < -0.3 is 9.64 Å². The highest BCUT2D eigenvalue weighted by atomic mass is 79.9. The maximum Gasteiger partial charge on any atom is 0.273 e. The molecule has 1 fully saturated rings. The smallest absolute Gasteiger partial charge is 0.273 e. The summed E-state index contributed by atoms with van der Waals surface area (Å²) < 4.78 is 6.13. The maximum absolute atomic E-state index is 11.7. The summed E-state index contributed by atoms with van der Waals surface area (Å²) in [5, 5.41) is 10.7. The van der Waals surface area contributed by atoms with E-state index in [0.717, 1.165) is 0 Å². The molecule has 0 radical (unpaired) electrons. The second kappa shape index (κ2) is 4.93. The number of ether oxygens (including phenoxy) is 1. The first kappa shape index (κ1) is 12.8. The second-order valence-corrected chi connectivity index (χ2v) is 4.88. The lowest BCUT2D eigenvalue weighted by molar-refractivity contribution is -0.385. The Kier molecular flexibility index (Phi) is 3.51. The quantitative estimate of drug-likeness (QED) is 0.631. The van der Waals surface area contributed by atoms with Crippen molar-refractivity contribution in [2.75, 3.05) is 13.6 Å². The van der Waals surface area contributed by atoms with Gasteiger partial charge in [0.2, 0.25) is 0 Å². The predicted octanol–water partition coefficient (Wildman–Crippen LogP) is 1.97. The van der Waals surface area contributed by atoms with Crippen LogP contribution in [0.5, 0.6) is 5.75 Å². The number of carbonyl (C=O) groups is 1. The van der Waals surface area contributed by atoms with Crippen LogP contribution in [0.1, 0.15) is 6.42 Å². The molecular weight excluding hydrogens is 304 g/mol. The maximum atomic E-state index is 11.7. The normalized spacial score (nSPS) is 19.1. The molecule has 0 aliphatic carbocycles. The molecule has 96 valence electrons. The van der Waals surface area contributed by atoms with E-state index in [1.54, 1.807) is 11.9 Å². The van der Waals surface area contributed by atoms with Crippen LogP contribution >= 0.6 is 15.9 Å². The minimum atomic E-state index is -0.562. The molecule has 1 aromatic rings. The van der Waals surface area contributed by atoms with Crippen LogP contribution in [0, 0.1) is 10.1 Å². The van der Waals surface area contributed by atoms with E-state index in [-0.39, 0.29) is 11.6 Å². The number of nitro benzene ring substituents is 1. The first-order valence-electron chi connectivity index (χ1n) is 5.34. The molecule has 1 aromatic carbocycles. The van der Waals surface area contributed by atoms with Gasteiger partial charge in [-0.2, -0.15) is 0 Å².